The highest BCUT2D eigenvalue weighted by Gasteiger charge is 2.46. The third-order valence-electron chi connectivity index (χ3n) is 12.6. The lowest BCUT2D eigenvalue weighted by atomic mass is 9.80. The van der Waals surface area contributed by atoms with E-state index in [9.17, 15) is 4.79 Å². The summed E-state index contributed by atoms with van der Waals surface area (Å²) in [4.78, 5) is 16.5. The minimum atomic E-state index is -1.21. The second kappa shape index (κ2) is 15.3. The van der Waals surface area contributed by atoms with Gasteiger partial charge in [-0.3, -0.25) is 0 Å². The number of nitrogens with zero attached hydrogens (tertiary/aromatic N) is 3. The van der Waals surface area contributed by atoms with E-state index in [-0.39, 0.29) is 5.97 Å². The highest BCUT2D eigenvalue weighted by molar-refractivity contribution is 6.11. The molecule has 8 aromatic rings. The molecule has 1 aliphatic rings. The standard InChI is InChI=1S/C54H51N3O2/c1-7-55(8-2)41-33-31-40(32-34-41)54(48-30-18-17-25-44(48)53(58)59-54)35-47(49-36(5)56(9-3)51-42(26-19-28-45(49)51)38-21-13-11-14-22-38)50-37(6)57(10-4)52-43(27-20-29-46(50)52)39-23-15-12-16-24-39/h11-35H,7-10H2,1-6H3. The van der Waals surface area contributed by atoms with Gasteiger partial charge in [-0.15, -0.1) is 0 Å². The summed E-state index contributed by atoms with van der Waals surface area (Å²) in [6.45, 7) is 16.7. The molecule has 0 spiro atoms. The summed E-state index contributed by atoms with van der Waals surface area (Å²) in [5.41, 5.74) is 15.1. The molecule has 0 aliphatic carbocycles. The van der Waals surface area contributed by atoms with Crippen molar-refractivity contribution in [2.45, 2.75) is 60.2 Å². The van der Waals surface area contributed by atoms with E-state index in [1.54, 1.807) is 0 Å². The maximum absolute atomic E-state index is 14.2. The van der Waals surface area contributed by atoms with E-state index in [0.717, 1.165) is 81.9 Å². The zero-order valence-electron chi connectivity index (χ0n) is 34.9. The Hall–Kier alpha value is -6.59. The normalized spacial score (nSPS) is 14.8. The first kappa shape index (κ1) is 38.0. The third-order valence-corrected chi connectivity index (χ3v) is 12.6. The summed E-state index contributed by atoms with van der Waals surface area (Å²) in [7, 11) is 0. The highest BCUT2D eigenvalue weighted by atomic mass is 16.6. The molecule has 1 aliphatic heterocycles. The van der Waals surface area contributed by atoms with Crippen molar-refractivity contribution in [3.63, 3.8) is 0 Å². The highest BCUT2D eigenvalue weighted by Crippen LogP contribution is 2.50. The number of para-hydroxylation sites is 2. The number of cyclic esters (lactones) is 1. The molecule has 6 aromatic carbocycles. The number of carbonyl (C=O) groups is 1. The van der Waals surface area contributed by atoms with Crippen molar-refractivity contribution in [1.29, 1.82) is 0 Å². The zero-order chi connectivity index (χ0) is 40.8. The van der Waals surface area contributed by atoms with Crippen LogP contribution in [0, 0.1) is 13.8 Å². The molecule has 0 saturated heterocycles. The molecule has 294 valence electrons. The Bertz CT molecular complexity index is 2740. The first-order valence-electron chi connectivity index (χ1n) is 21.1. The molecule has 9 rings (SSSR count). The molecule has 0 N–H and O–H groups in total. The second-order valence-corrected chi connectivity index (χ2v) is 15.5. The van der Waals surface area contributed by atoms with Gasteiger partial charge < -0.3 is 18.8 Å². The summed E-state index contributed by atoms with van der Waals surface area (Å²) in [6, 6.07) is 51.4. The Labute approximate surface area is 347 Å². The lowest BCUT2D eigenvalue weighted by molar-refractivity contribution is 0.0276. The van der Waals surface area contributed by atoms with Crippen LogP contribution in [0.2, 0.25) is 0 Å². The number of carbonyl (C=O) groups excluding carboxylic acids is 1. The van der Waals surface area contributed by atoms with Gasteiger partial charge in [0.2, 0.25) is 0 Å². The summed E-state index contributed by atoms with van der Waals surface area (Å²) >= 11 is 0. The molecule has 59 heavy (non-hydrogen) atoms. The summed E-state index contributed by atoms with van der Waals surface area (Å²) in [5.74, 6) is -0.317. The first-order valence-corrected chi connectivity index (χ1v) is 21.1. The van der Waals surface area contributed by atoms with Crippen molar-refractivity contribution in [2.24, 2.45) is 0 Å². The fraction of sp³-hybridized carbons (Fsp3) is 0.204. The molecule has 0 fully saturated rings. The smallest absolute Gasteiger partial charge is 0.340 e. The molecule has 3 heterocycles. The van der Waals surface area contributed by atoms with Gasteiger partial charge in [0.05, 0.1) is 16.6 Å². The molecule has 0 bridgehead atoms. The van der Waals surface area contributed by atoms with Crippen LogP contribution in [0.15, 0.2) is 152 Å². The average molecular weight is 774 g/mol. The summed E-state index contributed by atoms with van der Waals surface area (Å²) in [5, 5.41) is 2.33. The van der Waals surface area contributed by atoms with Gasteiger partial charge >= 0.3 is 5.97 Å². The van der Waals surface area contributed by atoms with Gasteiger partial charge in [0, 0.05) is 87.4 Å². The Balaban J connectivity index is 1.44. The lowest BCUT2D eigenvalue weighted by Gasteiger charge is -2.29. The number of hydrogen-bond donors (Lipinski definition) is 0. The van der Waals surface area contributed by atoms with Crippen LogP contribution in [-0.4, -0.2) is 28.2 Å². The van der Waals surface area contributed by atoms with Gasteiger partial charge in [0.15, 0.2) is 5.60 Å². The van der Waals surface area contributed by atoms with E-state index in [0.29, 0.717) is 5.56 Å². The number of fused-ring (bicyclic) bond motifs is 3. The van der Waals surface area contributed by atoms with Gasteiger partial charge in [-0.25, -0.2) is 4.79 Å². The van der Waals surface area contributed by atoms with Crippen LogP contribution in [0.4, 0.5) is 5.69 Å². The van der Waals surface area contributed by atoms with Crippen molar-refractivity contribution in [1.82, 2.24) is 9.13 Å². The predicted octanol–water partition coefficient (Wildman–Crippen LogP) is 13.0. The average Bonchev–Trinajstić information content (AvgIpc) is 3.86. The second-order valence-electron chi connectivity index (χ2n) is 15.5. The van der Waals surface area contributed by atoms with E-state index in [2.05, 4.69) is 189 Å². The van der Waals surface area contributed by atoms with Crippen LogP contribution in [0.25, 0.3) is 49.6 Å². The molecule has 1 unspecified atom stereocenters. The van der Waals surface area contributed by atoms with E-state index in [1.165, 1.54) is 33.3 Å². The number of aryl methyl sites for hydroxylation is 2. The van der Waals surface area contributed by atoms with Crippen LogP contribution in [-0.2, 0) is 23.4 Å². The first-order chi connectivity index (χ1) is 28.8. The number of anilines is 1. The van der Waals surface area contributed by atoms with E-state index < -0.39 is 5.60 Å². The number of rotatable bonds is 11. The van der Waals surface area contributed by atoms with Crippen molar-refractivity contribution in [2.75, 3.05) is 18.0 Å². The largest absolute Gasteiger partial charge is 0.441 e. The number of esters is 1. The lowest BCUT2D eigenvalue weighted by Crippen LogP contribution is -2.27. The zero-order valence-corrected chi connectivity index (χ0v) is 34.9. The number of aromatic nitrogens is 2. The maximum Gasteiger partial charge on any atom is 0.340 e. The molecule has 2 aromatic heterocycles. The van der Waals surface area contributed by atoms with Crippen LogP contribution >= 0.6 is 0 Å². The fourth-order valence-corrected chi connectivity index (χ4v) is 9.87. The van der Waals surface area contributed by atoms with E-state index in [1.807, 2.05) is 18.2 Å². The van der Waals surface area contributed by atoms with Crippen LogP contribution in [0.5, 0.6) is 0 Å². The van der Waals surface area contributed by atoms with Gasteiger partial charge in [-0.2, -0.15) is 0 Å². The maximum atomic E-state index is 14.2. The molecular weight excluding hydrogens is 723 g/mol. The molecule has 0 radical (unpaired) electrons. The molecular formula is C54H51N3O2. The summed E-state index contributed by atoms with van der Waals surface area (Å²) < 4.78 is 11.8. The number of hydrogen-bond acceptors (Lipinski definition) is 3. The van der Waals surface area contributed by atoms with E-state index >= 15 is 0 Å². The number of benzene rings is 6. The van der Waals surface area contributed by atoms with Crippen LogP contribution in [0.3, 0.4) is 0 Å². The SMILES string of the molecule is CCN(CC)c1ccc(C2(C=C(c3c(C)n(CC)c4c(-c5ccccc5)cccc34)c3c(C)n(CC)c4c(-c5ccccc5)cccc34)OC(=O)c3ccccc32)cc1. The minimum absolute atomic E-state index is 0.317. The number of ether oxygens (including phenoxy) is 1. The van der Waals surface area contributed by atoms with Crippen LogP contribution in [0.1, 0.15) is 71.7 Å². The predicted molar refractivity (Wildman–Crippen MR) is 245 cm³/mol. The van der Waals surface area contributed by atoms with Crippen molar-refractivity contribution < 1.29 is 9.53 Å². The third kappa shape index (κ3) is 6.02. The fourth-order valence-electron chi connectivity index (χ4n) is 9.87. The Morgan fingerprint density at radius 1 is 0.576 bits per heavy atom. The molecule has 5 nitrogen and oxygen atoms in total. The van der Waals surface area contributed by atoms with E-state index in [4.69, 9.17) is 4.74 Å². The van der Waals surface area contributed by atoms with Gasteiger partial charge in [-0.1, -0.05) is 127 Å². The van der Waals surface area contributed by atoms with Gasteiger partial charge in [0.1, 0.15) is 0 Å². The van der Waals surface area contributed by atoms with Gasteiger partial charge in [0.25, 0.3) is 0 Å². The quantitative estimate of drug-likeness (QED) is 0.123. The van der Waals surface area contributed by atoms with Crippen LogP contribution < -0.4 is 4.90 Å². The van der Waals surface area contributed by atoms with Crippen molar-refractivity contribution in [3.8, 4) is 22.3 Å². The topological polar surface area (TPSA) is 39.4 Å². The molecule has 5 heteroatoms. The Kier molecular flexibility index (Phi) is 9.84. The van der Waals surface area contributed by atoms with Crippen molar-refractivity contribution >= 4 is 39.0 Å². The Morgan fingerprint density at radius 3 is 1.54 bits per heavy atom. The summed E-state index contributed by atoms with van der Waals surface area (Å²) in [6.07, 6.45) is 2.29. The monoisotopic (exact) mass is 773 g/mol. The Morgan fingerprint density at radius 2 is 1.05 bits per heavy atom. The molecule has 0 saturated carbocycles. The van der Waals surface area contributed by atoms with Crippen molar-refractivity contribution in [3.05, 3.63) is 191 Å². The minimum Gasteiger partial charge on any atom is -0.441 e. The molecule has 0 amide bonds. The van der Waals surface area contributed by atoms with Gasteiger partial charge in [-0.05, 0) is 82.5 Å². The molecule has 1 atom stereocenters.